The van der Waals surface area contributed by atoms with E-state index in [0.29, 0.717) is 51.8 Å². The zero-order valence-corrected chi connectivity index (χ0v) is 18.5. The number of rotatable bonds is 7. The largest absolute Gasteiger partial charge is 0.496 e. The summed E-state index contributed by atoms with van der Waals surface area (Å²) in [6, 6.07) is 10.7. The van der Waals surface area contributed by atoms with Crippen LogP contribution in [0.4, 0.5) is 0 Å². The molecule has 1 saturated heterocycles. The summed E-state index contributed by atoms with van der Waals surface area (Å²) in [6.07, 6.45) is 0. The van der Waals surface area contributed by atoms with Gasteiger partial charge in [0.15, 0.2) is 17.1 Å². The maximum atomic E-state index is 13.3. The number of ether oxygens (including phenoxy) is 3. The van der Waals surface area contributed by atoms with Gasteiger partial charge in [0.25, 0.3) is 0 Å². The van der Waals surface area contributed by atoms with Crippen LogP contribution < -0.4 is 14.2 Å². The Bertz CT molecular complexity index is 1160. The smallest absolute Gasteiger partial charge is 0.221 e. The van der Waals surface area contributed by atoms with Crippen molar-refractivity contribution < 1.29 is 27.2 Å². The van der Waals surface area contributed by atoms with Gasteiger partial charge in [-0.25, -0.2) is 8.42 Å². The van der Waals surface area contributed by atoms with E-state index >= 15 is 0 Å². The molecule has 1 atom stereocenters. The Morgan fingerprint density at radius 3 is 2.53 bits per heavy atom. The third-order valence-corrected chi connectivity index (χ3v) is 8.10. The number of hydrogen-bond acceptors (Lipinski definition) is 8. The molecule has 0 N–H and O–H groups in total. The molecular weight excluding hydrogens is 428 g/mol. The van der Waals surface area contributed by atoms with E-state index in [0.717, 1.165) is 0 Å². The van der Waals surface area contributed by atoms with Gasteiger partial charge in [-0.05, 0) is 18.2 Å². The average molecular weight is 451 g/mol. The highest BCUT2D eigenvalue weighted by atomic mass is 32.2. The molecule has 0 radical (unpaired) electrons. The van der Waals surface area contributed by atoms with E-state index in [1.807, 2.05) is 18.2 Å². The summed E-state index contributed by atoms with van der Waals surface area (Å²) in [5, 5.41) is 4.24. The lowest BCUT2D eigenvalue weighted by Crippen LogP contribution is -2.32. The molecule has 30 heavy (non-hydrogen) atoms. The standard InChI is InChI=1S/C20H22N2O6S2/c1-25-17-11-19(27-3)18(26-2)10-14(17)20-22(8-9-29-20)30(23,24)12-15-13-6-4-5-7-16(13)28-21-15/h4-7,10-11,20H,8-9,12H2,1-3H3. The van der Waals surface area contributed by atoms with E-state index in [1.54, 1.807) is 39.5 Å². The molecule has 2 aromatic carbocycles. The van der Waals surface area contributed by atoms with Gasteiger partial charge in [0.1, 0.15) is 17.2 Å². The molecule has 1 fully saturated rings. The van der Waals surface area contributed by atoms with Crippen molar-refractivity contribution in [2.75, 3.05) is 33.6 Å². The van der Waals surface area contributed by atoms with E-state index in [9.17, 15) is 8.42 Å². The normalized spacial score (nSPS) is 17.4. The highest BCUT2D eigenvalue weighted by molar-refractivity contribution is 8.00. The van der Waals surface area contributed by atoms with E-state index in [1.165, 1.54) is 16.1 Å². The monoisotopic (exact) mass is 450 g/mol. The molecule has 0 amide bonds. The lowest BCUT2D eigenvalue weighted by Gasteiger charge is -2.25. The van der Waals surface area contributed by atoms with Crippen LogP contribution in [0.3, 0.4) is 0 Å². The molecule has 4 rings (SSSR count). The minimum atomic E-state index is -3.67. The molecule has 1 aromatic heterocycles. The van der Waals surface area contributed by atoms with Crippen LogP contribution in [-0.2, 0) is 15.8 Å². The lowest BCUT2D eigenvalue weighted by atomic mass is 10.1. The van der Waals surface area contributed by atoms with Gasteiger partial charge in [-0.3, -0.25) is 0 Å². The summed E-state index contributed by atoms with van der Waals surface area (Å²) in [5.41, 5.74) is 1.68. The summed E-state index contributed by atoms with van der Waals surface area (Å²) in [4.78, 5) is 0. The first kappa shape index (κ1) is 20.8. The van der Waals surface area contributed by atoms with E-state index in [-0.39, 0.29) is 5.75 Å². The van der Waals surface area contributed by atoms with Gasteiger partial charge >= 0.3 is 0 Å². The fourth-order valence-electron chi connectivity index (χ4n) is 3.53. The van der Waals surface area contributed by atoms with Crippen molar-refractivity contribution in [3.8, 4) is 17.2 Å². The van der Waals surface area contributed by atoms with Gasteiger partial charge in [0, 0.05) is 29.3 Å². The summed E-state index contributed by atoms with van der Waals surface area (Å²) >= 11 is 1.54. The Balaban J connectivity index is 1.69. The second-order valence-corrected chi connectivity index (χ2v) is 9.77. The molecule has 0 aliphatic carbocycles. The van der Waals surface area contributed by atoms with Crippen LogP contribution in [0.5, 0.6) is 17.2 Å². The van der Waals surface area contributed by atoms with Crippen molar-refractivity contribution in [1.82, 2.24) is 9.46 Å². The fourth-order valence-corrected chi connectivity index (χ4v) is 6.87. The lowest BCUT2D eigenvalue weighted by molar-refractivity contribution is 0.344. The zero-order chi connectivity index (χ0) is 21.3. The zero-order valence-electron chi connectivity index (χ0n) is 16.8. The predicted octanol–water partition coefficient (Wildman–Crippen LogP) is 3.43. The van der Waals surface area contributed by atoms with Crippen molar-refractivity contribution in [1.29, 1.82) is 0 Å². The average Bonchev–Trinajstić information content (AvgIpc) is 3.40. The second-order valence-electron chi connectivity index (χ2n) is 6.66. The number of thioether (sulfide) groups is 1. The van der Waals surface area contributed by atoms with Crippen LogP contribution in [0, 0.1) is 0 Å². The van der Waals surface area contributed by atoms with Crippen molar-refractivity contribution in [2.24, 2.45) is 0 Å². The molecule has 1 aliphatic rings. The van der Waals surface area contributed by atoms with E-state index < -0.39 is 15.4 Å². The molecule has 0 spiro atoms. The number of aromatic nitrogens is 1. The number of nitrogens with zero attached hydrogens (tertiary/aromatic N) is 2. The van der Waals surface area contributed by atoms with Crippen LogP contribution >= 0.6 is 11.8 Å². The maximum Gasteiger partial charge on any atom is 0.221 e. The van der Waals surface area contributed by atoms with Crippen LogP contribution in [0.2, 0.25) is 0 Å². The summed E-state index contributed by atoms with van der Waals surface area (Å²) in [6.45, 7) is 0.394. The quantitative estimate of drug-likeness (QED) is 0.541. The van der Waals surface area contributed by atoms with Gasteiger partial charge in [-0.15, -0.1) is 11.8 Å². The Morgan fingerprint density at radius 2 is 1.80 bits per heavy atom. The van der Waals surface area contributed by atoms with Gasteiger partial charge < -0.3 is 18.7 Å². The van der Waals surface area contributed by atoms with Crippen molar-refractivity contribution in [2.45, 2.75) is 11.1 Å². The number of methoxy groups -OCH3 is 3. The number of hydrogen-bond donors (Lipinski definition) is 0. The van der Waals surface area contributed by atoms with Gasteiger partial charge in [-0.1, -0.05) is 17.3 Å². The first-order chi connectivity index (χ1) is 14.5. The van der Waals surface area contributed by atoms with Gasteiger partial charge in [0.2, 0.25) is 10.0 Å². The van der Waals surface area contributed by atoms with Gasteiger partial charge in [0.05, 0.1) is 26.7 Å². The topological polar surface area (TPSA) is 91.1 Å². The molecule has 0 bridgehead atoms. The van der Waals surface area contributed by atoms with Crippen LogP contribution in [0.25, 0.3) is 11.0 Å². The molecule has 8 nitrogen and oxygen atoms in total. The Morgan fingerprint density at radius 1 is 1.10 bits per heavy atom. The number of fused-ring (bicyclic) bond motifs is 1. The minimum Gasteiger partial charge on any atom is -0.496 e. The molecule has 1 unspecified atom stereocenters. The Kier molecular flexibility index (Phi) is 5.81. The Hall–Kier alpha value is -2.43. The molecule has 0 saturated carbocycles. The third kappa shape index (κ3) is 3.70. The second kappa shape index (κ2) is 8.37. The number of benzene rings is 2. The fraction of sp³-hybridized carbons (Fsp3) is 0.350. The Labute approximate surface area is 179 Å². The highest BCUT2D eigenvalue weighted by Gasteiger charge is 2.38. The van der Waals surface area contributed by atoms with Crippen LogP contribution in [0.1, 0.15) is 16.6 Å². The molecule has 3 aromatic rings. The molecule has 10 heteroatoms. The van der Waals surface area contributed by atoms with Gasteiger partial charge in [-0.2, -0.15) is 4.31 Å². The van der Waals surface area contributed by atoms with Crippen molar-refractivity contribution >= 4 is 32.8 Å². The number of sulfonamides is 1. The summed E-state index contributed by atoms with van der Waals surface area (Å²) < 4.78 is 49.7. The first-order valence-electron chi connectivity index (χ1n) is 9.23. The highest BCUT2D eigenvalue weighted by Crippen LogP contribution is 2.47. The SMILES string of the molecule is COc1cc(OC)c(C2SCCN2S(=O)(=O)Cc2noc3ccccc23)cc1OC. The molecule has 2 heterocycles. The summed E-state index contributed by atoms with van der Waals surface area (Å²) in [7, 11) is 0.960. The maximum absolute atomic E-state index is 13.3. The molecule has 1 aliphatic heterocycles. The first-order valence-corrected chi connectivity index (χ1v) is 11.9. The van der Waals surface area contributed by atoms with Crippen molar-refractivity contribution in [3.63, 3.8) is 0 Å². The molecule has 160 valence electrons. The predicted molar refractivity (Wildman–Crippen MR) is 115 cm³/mol. The number of para-hydroxylation sites is 1. The third-order valence-electron chi connectivity index (χ3n) is 4.98. The minimum absolute atomic E-state index is 0.239. The summed E-state index contributed by atoms with van der Waals surface area (Å²) in [5.74, 6) is 2.00. The van der Waals surface area contributed by atoms with E-state index in [4.69, 9.17) is 18.7 Å². The van der Waals surface area contributed by atoms with Crippen LogP contribution in [-0.4, -0.2) is 51.5 Å². The van der Waals surface area contributed by atoms with Crippen LogP contribution in [0.15, 0.2) is 40.9 Å². The van der Waals surface area contributed by atoms with E-state index in [2.05, 4.69) is 5.16 Å². The van der Waals surface area contributed by atoms with Crippen molar-refractivity contribution in [3.05, 3.63) is 47.7 Å². The molecular formula is C20H22N2O6S2.